The number of carbonyl (C=O) groups is 2. The lowest BCUT2D eigenvalue weighted by Gasteiger charge is -2.34. The Morgan fingerprint density at radius 1 is 0.909 bits per heavy atom. The molecule has 1 fully saturated rings. The van der Waals surface area contributed by atoms with Gasteiger partial charge in [0.25, 0.3) is 5.91 Å². The molecule has 0 atom stereocenters. The molecule has 4 rings (SSSR count). The summed E-state index contributed by atoms with van der Waals surface area (Å²) < 4.78 is 25.8. The predicted octanol–water partition coefficient (Wildman–Crippen LogP) is 3.00. The van der Waals surface area contributed by atoms with Gasteiger partial charge in [-0.05, 0) is 42.5 Å². The summed E-state index contributed by atoms with van der Waals surface area (Å²) in [4.78, 5) is 28.5. The number of halogens is 1. The van der Waals surface area contributed by atoms with Crippen LogP contribution in [0.5, 0.6) is 11.5 Å². The van der Waals surface area contributed by atoms with E-state index in [4.69, 9.17) is 9.47 Å². The Hall–Kier alpha value is -3.88. The molecule has 1 aliphatic heterocycles. The Balaban J connectivity index is 1.74. The van der Waals surface area contributed by atoms with Crippen molar-refractivity contribution in [3.8, 4) is 28.4 Å². The van der Waals surface area contributed by atoms with Crippen LogP contribution in [0.3, 0.4) is 0 Å². The fourth-order valence-corrected chi connectivity index (χ4v) is 3.84. The molecule has 8 nitrogen and oxygen atoms in total. The summed E-state index contributed by atoms with van der Waals surface area (Å²) in [5.74, 6) is 0.581. The first-order valence-corrected chi connectivity index (χ1v) is 10.5. The van der Waals surface area contributed by atoms with Crippen LogP contribution in [0.2, 0.25) is 0 Å². The molecule has 1 aromatic heterocycles. The molecule has 33 heavy (non-hydrogen) atoms. The summed E-state index contributed by atoms with van der Waals surface area (Å²) in [6.45, 7) is 3.33. The number of piperazine rings is 1. The molecule has 0 aliphatic carbocycles. The van der Waals surface area contributed by atoms with Crippen LogP contribution in [-0.2, 0) is 4.79 Å². The fourth-order valence-electron chi connectivity index (χ4n) is 3.84. The fraction of sp³-hybridized carbons (Fsp3) is 0.292. The first-order chi connectivity index (χ1) is 15.9. The number of hydrogen-bond donors (Lipinski definition) is 0. The van der Waals surface area contributed by atoms with Crippen molar-refractivity contribution in [2.75, 3.05) is 40.4 Å². The highest BCUT2D eigenvalue weighted by atomic mass is 19.1. The average molecular weight is 452 g/mol. The standard InChI is InChI=1S/C24H25FN4O4/c1-16(30)27-10-12-28(13-11-27)24(31)22-15-21(20-9-8-19(32-2)14-23(20)33-3)26-29(22)18-6-4-17(25)5-7-18/h4-9,14-15H,10-13H2,1-3H3. The summed E-state index contributed by atoms with van der Waals surface area (Å²) >= 11 is 0. The molecule has 1 aliphatic rings. The van der Waals surface area contributed by atoms with Crippen molar-refractivity contribution in [3.05, 3.63) is 60.0 Å². The number of carbonyl (C=O) groups excluding carboxylic acids is 2. The molecule has 0 radical (unpaired) electrons. The van der Waals surface area contributed by atoms with Crippen LogP contribution in [0.1, 0.15) is 17.4 Å². The Morgan fingerprint density at radius 2 is 1.58 bits per heavy atom. The van der Waals surface area contributed by atoms with Crippen LogP contribution >= 0.6 is 0 Å². The molecular weight excluding hydrogens is 427 g/mol. The number of methoxy groups -OCH3 is 2. The summed E-state index contributed by atoms with van der Waals surface area (Å²) in [6, 6.07) is 12.8. The second kappa shape index (κ2) is 9.32. The summed E-state index contributed by atoms with van der Waals surface area (Å²) in [5, 5.41) is 4.66. The smallest absolute Gasteiger partial charge is 0.272 e. The van der Waals surface area contributed by atoms with E-state index in [0.717, 1.165) is 0 Å². The monoisotopic (exact) mass is 452 g/mol. The molecule has 2 aromatic carbocycles. The summed E-state index contributed by atoms with van der Waals surface area (Å²) in [5.41, 5.74) is 2.12. The lowest BCUT2D eigenvalue weighted by atomic mass is 10.1. The van der Waals surface area contributed by atoms with Crippen LogP contribution in [0.15, 0.2) is 48.5 Å². The van der Waals surface area contributed by atoms with Crippen LogP contribution in [-0.4, -0.2) is 71.8 Å². The zero-order chi connectivity index (χ0) is 23.5. The van der Waals surface area contributed by atoms with Gasteiger partial charge in [-0.2, -0.15) is 5.10 Å². The number of hydrogen-bond acceptors (Lipinski definition) is 5. The third kappa shape index (κ3) is 4.52. The maximum absolute atomic E-state index is 13.5. The summed E-state index contributed by atoms with van der Waals surface area (Å²) in [6.07, 6.45) is 0. The Morgan fingerprint density at radius 3 is 2.18 bits per heavy atom. The van der Waals surface area contributed by atoms with Crippen LogP contribution in [0, 0.1) is 5.82 Å². The van der Waals surface area contributed by atoms with Gasteiger partial charge in [-0.15, -0.1) is 0 Å². The van der Waals surface area contributed by atoms with Gasteiger partial charge in [0.1, 0.15) is 23.0 Å². The quantitative estimate of drug-likeness (QED) is 0.595. The molecule has 1 saturated heterocycles. The maximum Gasteiger partial charge on any atom is 0.272 e. The lowest BCUT2D eigenvalue weighted by molar-refractivity contribution is -0.130. The van der Waals surface area contributed by atoms with E-state index >= 15 is 0 Å². The van der Waals surface area contributed by atoms with Crippen LogP contribution in [0.25, 0.3) is 16.9 Å². The molecule has 0 spiro atoms. The molecule has 0 bridgehead atoms. The van der Waals surface area contributed by atoms with Gasteiger partial charge in [0.05, 0.1) is 25.6 Å². The molecule has 2 amide bonds. The van der Waals surface area contributed by atoms with Gasteiger partial charge in [0.15, 0.2) is 0 Å². The van der Waals surface area contributed by atoms with Crippen molar-refractivity contribution in [3.63, 3.8) is 0 Å². The third-order valence-corrected chi connectivity index (χ3v) is 5.70. The van der Waals surface area contributed by atoms with Gasteiger partial charge in [-0.3, -0.25) is 9.59 Å². The van der Waals surface area contributed by atoms with Gasteiger partial charge in [-0.1, -0.05) is 0 Å². The highest BCUT2D eigenvalue weighted by Crippen LogP contribution is 2.33. The van der Waals surface area contributed by atoms with Crippen molar-refractivity contribution in [2.24, 2.45) is 0 Å². The molecule has 3 aromatic rings. The largest absolute Gasteiger partial charge is 0.497 e. The zero-order valence-corrected chi connectivity index (χ0v) is 18.7. The molecule has 0 N–H and O–H groups in total. The van der Waals surface area contributed by atoms with Crippen molar-refractivity contribution in [1.82, 2.24) is 19.6 Å². The number of nitrogens with zero attached hydrogens (tertiary/aromatic N) is 4. The van der Waals surface area contributed by atoms with Crippen molar-refractivity contribution < 1.29 is 23.5 Å². The second-order valence-corrected chi connectivity index (χ2v) is 7.67. The van der Waals surface area contributed by atoms with Crippen molar-refractivity contribution >= 4 is 11.8 Å². The van der Waals surface area contributed by atoms with E-state index < -0.39 is 0 Å². The maximum atomic E-state index is 13.5. The Labute approximate surface area is 191 Å². The van der Waals surface area contributed by atoms with Gasteiger partial charge in [0.2, 0.25) is 5.91 Å². The number of rotatable bonds is 5. The van der Waals surface area contributed by atoms with Gasteiger partial charge >= 0.3 is 0 Å². The second-order valence-electron chi connectivity index (χ2n) is 7.67. The van der Waals surface area contributed by atoms with E-state index in [9.17, 15) is 14.0 Å². The minimum atomic E-state index is -0.379. The first kappa shape index (κ1) is 22.3. The molecule has 9 heteroatoms. The lowest BCUT2D eigenvalue weighted by Crippen LogP contribution is -2.50. The molecular formula is C24H25FN4O4. The number of ether oxygens (including phenoxy) is 2. The normalized spacial score (nSPS) is 13.7. The molecule has 2 heterocycles. The van der Waals surface area contributed by atoms with E-state index in [0.29, 0.717) is 60.3 Å². The van der Waals surface area contributed by atoms with E-state index in [1.807, 2.05) is 6.07 Å². The average Bonchev–Trinajstić information content (AvgIpc) is 3.28. The van der Waals surface area contributed by atoms with Gasteiger partial charge in [0, 0.05) is 44.7 Å². The van der Waals surface area contributed by atoms with Crippen molar-refractivity contribution in [2.45, 2.75) is 6.92 Å². The minimum Gasteiger partial charge on any atom is -0.497 e. The summed E-state index contributed by atoms with van der Waals surface area (Å²) in [7, 11) is 3.12. The van der Waals surface area contributed by atoms with E-state index in [1.54, 1.807) is 54.4 Å². The van der Waals surface area contributed by atoms with Gasteiger partial charge < -0.3 is 19.3 Å². The Bertz CT molecular complexity index is 1170. The molecule has 0 saturated carbocycles. The van der Waals surface area contributed by atoms with Crippen molar-refractivity contribution in [1.29, 1.82) is 0 Å². The molecule has 172 valence electrons. The van der Waals surface area contributed by atoms with Gasteiger partial charge in [-0.25, -0.2) is 9.07 Å². The zero-order valence-electron chi connectivity index (χ0n) is 18.7. The van der Waals surface area contributed by atoms with Crippen LogP contribution < -0.4 is 9.47 Å². The van der Waals surface area contributed by atoms with E-state index in [2.05, 4.69) is 5.10 Å². The topological polar surface area (TPSA) is 76.9 Å². The third-order valence-electron chi connectivity index (χ3n) is 5.70. The van der Waals surface area contributed by atoms with Crippen LogP contribution in [0.4, 0.5) is 4.39 Å². The predicted molar refractivity (Wildman–Crippen MR) is 120 cm³/mol. The highest BCUT2D eigenvalue weighted by molar-refractivity contribution is 5.95. The Kier molecular flexibility index (Phi) is 6.30. The first-order valence-electron chi connectivity index (χ1n) is 10.5. The number of aromatic nitrogens is 2. The highest BCUT2D eigenvalue weighted by Gasteiger charge is 2.27. The minimum absolute atomic E-state index is 0.00709. The molecule has 0 unspecified atom stereocenters. The number of amides is 2. The van der Waals surface area contributed by atoms with E-state index in [1.165, 1.54) is 23.7 Å². The SMILES string of the molecule is COc1ccc(-c2cc(C(=O)N3CCN(C(C)=O)CC3)n(-c3ccc(F)cc3)n2)c(OC)c1. The number of benzene rings is 2. The van der Waals surface area contributed by atoms with E-state index in [-0.39, 0.29) is 17.6 Å².